The predicted molar refractivity (Wildman–Crippen MR) is 42.7 cm³/mol. The van der Waals surface area contributed by atoms with Crippen LogP contribution in [0.1, 0.15) is 0 Å². The molecule has 0 atom stereocenters. The molecule has 0 fully saturated rings. The van der Waals surface area contributed by atoms with Crippen molar-refractivity contribution in [3.05, 3.63) is 5.33 Å². The van der Waals surface area contributed by atoms with Crippen LogP contribution in [-0.4, -0.2) is 2.14 Å². The van der Waals surface area contributed by atoms with Crippen LogP contribution < -0.4 is 0 Å². The van der Waals surface area contributed by atoms with Gasteiger partial charge < -0.3 is 0 Å². The molecule has 0 aromatic heterocycles. The van der Waals surface area contributed by atoms with E-state index in [0.717, 1.165) is 0 Å². The summed E-state index contributed by atoms with van der Waals surface area (Å²) >= 11 is 12.7. The fourth-order valence-electron chi connectivity index (χ4n) is 0. The van der Waals surface area contributed by atoms with Crippen LogP contribution in [0.5, 0.6) is 0 Å². The molecule has 0 heterocycles. The zero-order valence-electron chi connectivity index (χ0n) is 2.59. The maximum Gasteiger partial charge on any atom is 0.148 e. The van der Waals surface area contributed by atoms with Crippen molar-refractivity contribution in [2.75, 3.05) is 0 Å². The van der Waals surface area contributed by atoms with Crippen LogP contribution in [0, 0.1) is 5.33 Å². The SMILES string of the molecule is Br[CH]C(Br)(Br)Br. The van der Waals surface area contributed by atoms with E-state index >= 15 is 0 Å². The van der Waals surface area contributed by atoms with E-state index in [-0.39, 0.29) is 2.14 Å². The summed E-state index contributed by atoms with van der Waals surface area (Å²) in [5, 5.41) is 1.75. The Balaban J connectivity index is 3.17. The average molecular weight is 345 g/mol. The van der Waals surface area contributed by atoms with Gasteiger partial charge in [-0.1, -0.05) is 63.7 Å². The van der Waals surface area contributed by atoms with E-state index in [9.17, 15) is 0 Å². The predicted octanol–water partition coefficient (Wildman–Crippen LogP) is 3.38. The molecular formula is C2HBr4. The van der Waals surface area contributed by atoms with Gasteiger partial charge in [0.05, 0.1) is 5.33 Å². The lowest BCUT2D eigenvalue weighted by atomic mass is 11.0. The van der Waals surface area contributed by atoms with Gasteiger partial charge in [-0.05, 0) is 0 Å². The van der Waals surface area contributed by atoms with Gasteiger partial charge in [-0.3, -0.25) is 0 Å². The van der Waals surface area contributed by atoms with Crippen molar-refractivity contribution in [1.82, 2.24) is 0 Å². The molecule has 0 aliphatic rings. The fourth-order valence-corrected chi connectivity index (χ4v) is 0. The van der Waals surface area contributed by atoms with E-state index in [1.54, 1.807) is 5.33 Å². The molecule has 0 N–H and O–H groups in total. The molecule has 0 amide bonds. The highest BCUT2D eigenvalue weighted by Gasteiger charge is 2.14. The first-order chi connectivity index (χ1) is 2.56. The van der Waals surface area contributed by atoms with Gasteiger partial charge in [0.15, 0.2) is 0 Å². The number of halogens is 4. The van der Waals surface area contributed by atoms with Crippen molar-refractivity contribution in [2.24, 2.45) is 0 Å². The first-order valence-corrected chi connectivity index (χ1v) is 4.37. The summed E-state index contributed by atoms with van der Waals surface area (Å²) in [5.41, 5.74) is 0. The molecule has 0 spiro atoms. The monoisotopic (exact) mass is 341 g/mol. The molecule has 0 nitrogen and oxygen atoms in total. The fraction of sp³-hybridized carbons (Fsp3) is 0.500. The summed E-state index contributed by atoms with van der Waals surface area (Å²) in [4.78, 5) is 0. The maximum atomic E-state index is 3.21. The Labute approximate surface area is 70.6 Å². The average Bonchev–Trinajstić information content (AvgIpc) is 1.35. The summed E-state index contributed by atoms with van der Waals surface area (Å²) < 4.78 is -0.229. The molecule has 0 aromatic rings. The smallest absolute Gasteiger partial charge is 0.0843 e. The van der Waals surface area contributed by atoms with E-state index < -0.39 is 0 Å². The molecule has 0 aliphatic carbocycles. The summed E-state index contributed by atoms with van der Waals surface area (Å²) in [6, 6.07) is 0. The summed E-state index contributed by atoms with van der Waals surface area (Å²) in [6.07, 6.45) is 0. The van der Waals surface area contributed by atoms with Gasteiger partial charge in [-0.25, -0.2) is 0 Å². The highest BCUT2D eigenvalue weighted by molar-refractivity contribution is 9.40. The van der Waals surface area contributed by atoms with E-state index in [1.165, 1.54) is 0 Å². The number of rotatable bonds is 0. The van der Waals surface area contributed by atoms with Crippen molar-refractivity contribution in [3.8, 4) is 0 Å². The third kappa shape index (κ3) is 5.92. The third-order valence-corrected chi connectivity index (χ3v) is 3.34. The van der Waals surface area contributed by atoms with Gasteiger partial charge in [-0.15, -0.1) is 0 Å². The van der Waals surface area contributed by atoms with Gasteiger partial charge in [0.1, 0.15) is 2.14 Å². The second-order valence-electron chi connectivity index (χ2n) is 0.651. The lowest BCUT2D eigenvalue weighted by molar-refractivity contribution is 1.64. The molecule has 37 valence electrons. The van der Waals surface area contributed by atoms with Crippen molar-refractivity contribution in [1.29, 1.82) is 0 Å². The molecule has 6 heavy (non-hydrogen) atoms. The molecule has 0 aliphatic heterocycles. The van der Waals surface area contributed by atoms with Gasteiger partial charge in [-0.2, -0.15) is 0 Å². The summed E-state index contributed by atoms with van der Waals surface area (Å²) in [7, 11) is 0. The van der Waals surface area contributed by atoms with Gasteiger partial charge in [0, 0.05) is 0 Å². The number of hydrogen-bond donors (Lipinski definition) is 0. The molecule has 0 rings (SSSR count). The first-order valence-electron chi connectivity index (χ1n) is 1.07. The lowest BCUT2D eigenvalue weighted by Gasteiger charge is -2.02. The Kier molecular flexibility index (Phi) is 4.02. The maximum absolute atomic E-state index is 3.21. The zero-order valence-corrected chi connectivity index (χ0v) is 8.93. The Bertz CT molecular complexity index is 35.3. The Morgan fingerprint density at radius 3 is 1.33 bits per heavy atom. The molecule has 0 aromatic carbocycles. The normalized spacial score (nSPS) is 12.0. The van der Waals surface area contributed by atoms with Crippen LogP contribution in [0.3, 0.4) is 0 Å². The summed E-state index contributed by atoms with van der Waals surface area (Å²) in [6.45, 7) is 0. The quantitative estimate of drug-likeness (QED) is 0.591. The van der Waals surface area contributed by atoms with Crippen LogP contribution in [0.4, 0.5) is 0 Å². The molecule has 0 bridgehead atoms. The standard InChI is InChI=1S/C2HBr4/c3-1-2(4,5)6/h1H. The minimum Gasteiger partial charge on any atom is -0.0843 e. The van der Waals surface area contributed by atoms with E-state index in [0.29, 0.717) is 0 Å². The van der Waals surface area contributed by atoms with Crippen molar-refractivity contribution in [3.63, 3.8) is 0 Å². The van der Waals surface area contributed by atoms with Crippen LogP contribution >= 0.6 is 63.7 Å². The van der Waals surface area contributed by atoms with E-state index in [1.807, 2.05) is 0 Å². The van der Waals surface area contributed by atoms with Crippen LogP contribution in [-0.2, 0) is 0 Å². The van der Waals surface area contributed by atoms with Gasteiger partial charge in [0.25, 0.3) is 0 Å². The molecule has 0 saturated heterocycles. The van der Waals surface area contributed by atoms with Crippen LogP contribution in [0.25, 0.3) is 0 Å². The minimum atomic E-state index is -0.229. The highest BCUT2D eigenvalue weighted by Crippen LogP contribution is 2.37. The van der Waals surface area contributed by atoms with Crippen LogP contribution in [0.15, 0.2) is 0 Å². The van der Waals surface area contributed by atoms with Crippen LogP contribution in [0.2, 0.25) is 0 Å². The second kappa shape index (κ2) is 3.05. The first kappa shape index (κ1) is 7.92. The molecule has 1 radical (unpaired) electrons. The lowest BCUT2D eigenvalue weighted by Crippen LogP contribution is -1.91. The van der Waals surface area contributed by atoms with Crippen molar-refractivity contribution < 1.29 is 0 Å². The molecule has 0 unspecified atom stereocenters. The van der Waals surface area contributed by atoms with E-state index in [2.05, 4.69) is 63.7 Å². The van der Waals surface area contributed by atoms with Gasteiger partial charge in [0.2, 0.25) is 0 Å². The number of alkyl halides is 3. The summed E-state index contributed by atoms with van der Waals surface area (Å²) in [5.74, 6) is 0. The topological polar surface area (TPSA) is 0 Å². The molecule has 4 heteroatoms. The number of hydrogen-bond acceptors (Lipinski definition) is 0. The van der Waals surface area contributed by atoms with Crippen molar-refractivity contribution in [2.45, 2.75) is 2.14 Å². The van der Waals surface area contributed by atoms with Crippen molar-refractivity contribution >= 4 is 63.7 Å². The molecule has 0 saturated carbocycles. The third-order valence-electron chi connectivity index (χ3n) is 0.124. The highest BCUT2D eigenvalue weighted by atomic mass is 80.0. The Morgan fingerprint density at radius 1 is 1.17 bits per heavy atom. The Morgan fingerprint density at radius 2 is 1.33 bits per heavy atom. The molecular weight excluding hydrogens is 344 g/mol. The zero-order chi connectivity index (χ0) is 5.21. The second-order valence-corrected chi connectivity index (χ2v) is 8.05. The Hall–Kier alpha value is 1.92. The van der Waals surface area contributed by atoms with E-state index in [4.69, 9.17) is 0 Å². The largest absolute Gasteiger partial charge is 0.148 e. The van der Waals surface area contributed by atoms with Gasteiger partial charge >= 0.3 is 0 Å². The minimum absolute atomic E-state index is 0.229.